The van der Waals surface area contributed by atoms with Gasteiger partial charge in [0.15, 0.2) is 0 Å². The molecule has 0 aliphatic carbocycles. The second-order valence-corrected chi connectivity index (χ2v) is 9.24. The number of halogens is 1. The molecule has 1 aliphatic heterocycles. The van der Waals surface area contributed by atoms with Crippen LogP contribution in [-0.4, -0.2) is 37.7 Å². The molecule has 0 aromatic carbocycles. The van der Waals surface area contributed by atoms with E-state index in [1.54, 1.807) is 11.3 Å². The van der Waals surface area contributed by atoms with E-state index in [0.717, 1.165) is 26.7 Å². The fourth-order valence-electron chi connectivity index (χ4n) is 3.18. The van der Waals surface area contributed by atoms with Crippen LogP contribution < -0.4 is 0 Å². The molecule has 0 saturated carbocycles. The zero-order valence-electron chi connectivity index (χ0n) is 12.5. The molecule has 8 heteroatoms. The van der Waals surface area contributed by atoms with Crippen molar-refractivity contribution in [2.24, 2.45) is 0 Å². The maximum absolute atomic E-state index is 10.7. The molecule has 1 aliphatic rings. The molecule has 3 aromatic heterocycles. The van der Waals surface area contributed by atoms with Crippen molar-refractivity contribution >= 4 is 43.6 Å². The number of rotatable bonds is 3. The van der Waals surface area contributed by atoms with Gasteiger partial charge in [-0.15, -0.1) is 11.3 Å². The molecular weight excluding hydrogens is 396 g/mol. The quantitative estimate of drug-likeness (QED) is 0.696. The zero-order chi connectivity index (χ0) is 15.8. The van der Waals surface area contributed by atoms with Crippen LogP contribution in [-0.2, 0) is 0 Å². The first-order chi connectivity index (χ1) is 11.2. The Labute approximate surface area is 150 Å². The minimum Gasteiger partial charge on any atom is -0.492 e. The molecule has 122 valence electrons. The third-order valence-corrected chi connectivity index (χ3v) is 7.02. The second-order valence-electron chi connectivity index (χ2n) is 5.74. The lowest BCUT2D eigenvalue weighted by Crippen LogP contribution is -2.29. The van der Waals surface area contributed by atoms with Gasteiger partial charge in [-0.1, -0.05) is 24.2 Å². The normalized spacial score (nSPS) is 18.3. The lowest BCUT2D eigenvalue weighted by atomic mass is 10.1. The fourth-order valence-corrected chi connectivity index (χ4v) is 5.90. The standard InChI is InChI=1S/C15H17BrN4OS2/c16-11-6-5-10(22-11)12(19-7-3-1-2-4-8-19)13-14(21)20-15(23-13)17-9-18-20/h5-6,9,12,21H,1-4,7-8H2. The Morgan fingerprint density at radius 3 is 2.57 bits per heavy atom. The summed E-state index contributed by atoms with van der Waals surface area (Å²) in [5.74, 6) is 0.223. The molecule has 4 heterocycles. The molecule has 0 radical (unpaired) electrons. The minimum absolute atomic E-state index is 0.0814. The molecule has 1 saturated heterocycles. The Balaban J connectivity index is 1.80. The number of thiophene rings is 1. The Morgan fingerprint density at radius 1 is 1.13 bits per heavy atom. The summed E-state index contributed by atoms with van der Waals surface area (Å²) in [6.45, 7) is 2.13. The summed E-state index contributed by atoms with van der Waals surface area (Å²) >= 11 is 6.83. The van der Waals surface area contributed by atoms with E-state index in [-0.39, 0.29) is 11.9 Å². The molecule has 0 amide bonds. The molecule has 1 N–H and O–H groups in total. The first-order valence-corrected chi connectivity index (χ1v) is 10.2. The van der Waals surface area contributed by atoms with E-state index in [9.17, 15) is 5.11 Å². The maximum atomic E-state index is 10.7. The third kappa shape index (κ3) is 2.93. The van der Waals surface area contributed by atoms with E-state index in [0.29, 0.717) is 0 Å². The predicted octanol–water partition coefficient (Wildman–Crippen LogP) is 4.29. The molecule has 4 rings (SSSR count). The van der Waals surface area contributed by atoms with Gasteiger partial charge in [0.1, 0.15) is 6.33 Å². The fraction of sp³-hybridized carbons (Fsp3) is 0.467. The third-order valence-electron chi connectivity index (χ3n) is 4.26. The van der Waals surface area contributed by atoms with Crippen LogP contribution in [0.3, 0.4) is 0 Å². The van der Waals surface area contributed by atoms with E-state index in [4.69, 9.17) is 0 Å². The number of likely N-dealkylation sites (tertiary alicyclic amines) is 1. The van der Waals surface area contributed by atoms with Gasteiger partial charge in [0.25, 0.3) is 0 Å². The van der Waals surface area contributed by atoms with Gasteiger partial charge in [0.2, 0.25) is 10.8 Å². The van der Waals surface area contributed by atoms with E-state index in [1.165, 1.54) is 52.7 Å². The summed E-state index contributed by atoms with van der Waals surface area (Å²) in [5, 5.41) is 14.8. The number of aromatic nitrogens is 3. The average molecular weight is 413 g/mol. The van der Waals surface area contributed by atoms with Crippen molar-refractivity contribution in [1.29, 1.82) is 0 Å². The summed E-state index contributed by atoms with van der Waals surface area (Å²) in [7, 11) is 0. The van der Waals surface area contributed by atoms with Crippen LogP contribution in [0.1, 0.15) is 41.5 Å². The number of fused-ring (bicyclic) bond motifs is 1. The van der Waals surface area contributed by atoms with Crippen molar-refractivity contribution in [2.75, 3.05) is 13.1 Å². The highest BCUT2D eigenvalue weighted by Gasteiger charge is 2.30. The SMILES string of the molecule is Oc1c(C(c2ccc(Br)s2)N2CCCCCC2)sc2ncnn12. The Hall–Kier alpha value is -0.960. The Bertz CT molecular complexity index is 803. The van der Waals surface area contributed by atoms with E-state index >= 15 is 0 Å². The molecule has 1 fully saturated rings. The number of hydrogen-bond acceptors (Lipinski definition) is 6. The van der Waals surface area contributed by atoms with E-state index < -0.39 is 0 Å². The zero-order valence-corrected chi connectivity index (χ0v) is 15.7. The van der Waals surface area contributed by atoms with Gasteiger partial charge < -0.3 is 5.11 Å². The topological polar surface area (TPSA) is 53.7 Å². The minimum atomic E-state index is 0.0814. The van der Waals surface area contributed by atoms with Gasteiger partial charge in [-0.2, -0.15) is 9.61 Å². The van der Waals surface area contributed by atoms with E-state index in [1.807, 2.05) is 0 Å². The predicted molar refractivity (Wildman–Crippen MR) is 96.4 cm³/mol. The van der Waals surface area contributed by atoms with Crippen LogP contribution >= 0.6 is 38.6 Å². The van der Waals surface area contributed by atoms with Crippen LogP contribution in [0.25, 0.3) is 4.96 Å². The highest BCUT2D eigenvalue weighted by Crippen LogP contribution is 2.43. The van der Waals surface area contributed by atoms with Crippen molar-refractivity contribution in [3.63, 3.8) is 0 Å². The number of hydrogen-bond donors (Lipinski definition) is 1. The summed E-state index contributed by atoms with van der Waals surface area (Å²) in [5.41, 5.74) is 0. The van der Waals surface area contributed by atoms with Gasteiger partial charge in [0.05, 0.1) is 14.7 Å². The second kappa shape index (κ2) is 6.51. The summed E-state index contributed by atoms with van der Waals surface area (Å²) in [6.07, 6.45) is 6.49. The van der Waals surface area contributed by atoms with Crippen LogP contribution in [0.2, 0.25) is 0 Å². The van der Waals surface area contributed by atoms with Gasteiger partial charge in [0, 0.05) is 4.88 Å². The highest BCUT2D eigenvalue weighted by atomic mass is 79.9. The lowest BCUT2D eigenvalue weighted by molar-refractivity contribution is 0.235. The molecule has 23 heavy (non-hydrogen) atoms. The van der Waals surface area contributed by atoms with Crippen molar-refractivity contribution in [3.05, 3.63) is 32.0 Å². The molecule has 0 bridgehead atoms. The smallest absolute Gasteiger partial charge is 0.230 e. The summed E-state index contributed by atoms with van der Waals surface area (Å²) in [4.78, 5) is 9.66. The first-order valence-electron chi connectivity index (χ1n) is 7.74. The monoisotopic (exact) mass is 412 g/mol. The van der Waals surface area contributed by atoms with Crippen molar-refractivity contribution in [3.8, 4) is 5.88 Å². The Morgan fingerprint density at radius 2 is 1.91 bits per heavy atom. The van der Waals surface area contributed by atoms with Crippen LogP contribution in [0.4, 0.5) is 0 Å². The molecule has 5 nitrogen and oxygen atoms in total. The number of nitrogens with zero attached hydrogens (tertiary/aromatic N) is 4. The van der Waals surface area contributed by atoms with Gasteiger partial charge in [-0.25, -0.2) is 4.98 Å². The van der Waals surface area contributed by atoms with Crippen LogP contribution in [0.15, 0.2) is 22.2 Å². The average Bonchev–Trinajstić information content (AvgIpc) is 3.16. The van der Waals surface area contributed by atoms with Gasteiger partial charge >= 0.3 is 0 Å². The molecular formula is C15H17BrN4OS2. The number of aromatic hydroxyl groups is 1. The lowest BCUT2D eigenvalue weighted by Gasteiger charge is -2.29. The maximum Gasteiger partial charge on any atom is 0.230 e. The molecule has 1 atom stereocenters. The van der Waals surface area contributed by atoms with Gasteiger partial charge in [-0.05, 0) is 54.0 Å². The van der Waals surface area contributed by atoms with Gasteiger partial charge in [-0.3, -0.25) is 4.90 Å². The van der Waals surface area contributed by atoms with Crippen molar-refractivity contribution in [2.45, 2.75) is 31.7 Å². The largest absolute Gasteiger partial charge is 0.492 e. The molecule has 0 spiro atoms. The van der Waals surface area contributed by atoms with Crippen molar-refractivity contribution < 1.29 is 5.11 Å². The number of thiazole rings is 1. The van der Waals surface area contributed by atoms with Crippen molar-refractivity contribution in [1.82, 2.24) is 19.5 Å². The first kappa shape index (κ1) is 15.6. The van der Waals surface area contributed by atoms with Crippen LogP contribution in [0, 0.1) is 0 Å². The Kier molecular flexibility index (Phi) is 4.40. The van der Waals surface area contributed by atoms with E-state index in [2.05, 4.69) is 43.0 Å². The van der Waals surface area contributed by atoms with Crippen LogP contribution in [0.5, 0.6) is 5.88 Å². The molecule has 1 unspecified atom stereocenters. The molecule has 3 aromatic rings. The summed E-state index contributed by atoms with van der Waals surface area (Å²) < 4.78 is 2.65. The summed E-state index contributed by atoms with van der Waals surface area (Å²) in [6, 6.07) is 4.32. The highest BCUT2D eigenvalue weighted by molar-refractivity contribution is 9.11.